The van der Waals surface area contributed by atoms with E-state index < -0.39 is 0 Å². The van der Waals surface area contributed by atoms with Crippen LogP contribution in [-0.2, 0) is 0 Å². The van der Waals surface area contributed by atoms with Crippen molar-refractivity contribution in [3.8, 4) is 0 Å². The molecule has 3 nitrogen and oxygen atoms in total. The van der Waals surface area contributed by atoms with Gasteiger partial charge in [0.2, 0.25) is 0 Å². The van der Waals surface area contributed by atoms with Gasteiger partial charge in [-0.15, -0.1) is 0 Å². The van der Waals surface area contributed by atoms with E-state index in [-0.39, 0.29) is 5.11 Å². The average molecular weight is 270 g/mol. The molecular formula is C12H16ClN3S. The van der Waals surface area contributed by atoms with Crippen molar-refractivity contribution in [1.82, 2.24) is 0 Å². The van der Waals surface area contributed by atoms with Gasteiger partial charge in [-0.1, -0.05) is 24.9 Å². The minimum Gasteiger partial charge on any atom is -0.374 e. The van der Waals surface area contributed by atoms with Gasteiger partial charge in [-0.25, -0.2) is 5.01 Å². The monoisotopic (exact) mass is 269 g/mol. The van der Waals surface area contributed by atoms with E-state index in [4.69, 9.17) is 29.6 Å². The number of thiocarbonyl (C=S) groups is 1. The molecule has 0 aliphatic heterocycles. The van der Waals surface area contributed by atoms with Gasteiger partial charge in [0.25, 0.3) is 0 Å². The van der Waals surface area contributed by atoms with E-state index in [0.29, 0.717) is 5.02 Å². The molecule has 17 heavy (non-hydrogen) atoms. The van der Waals surface area contributed by atoms with Crippen molar-refractivity contribution in [3.63, 3.8) is 0 Å². The maximum Gasteiger partial charge on any atom is 0.191 e. The summed E-state index contributed by atoms with van der Waals surface area (Å²) < 4.78 is 0. The van der Waals surface area contributed by atoms with Crippen LogP contribution in [0.3, 0.4) is 0 Å². The minimum absolute atomic E-state index is 0.225. The molecule has 0 atom stereocenters. The molecule has 0 aromatic heterocycles. The number of rotatable bonds is 4. The molecule has 0 aliphatic rings. The Morgan fingerprint density at radius 1 is 1.41 bits per heavy atom. The first kappa shape index (κ1) is 13.9. The van der Waals surface area contributed by atoms with Crippen LogP contribution in [0.15, 0.2) is 29.4 Å². The van der Waals surface area contributed by atoms with Gasteiger partial charge in [0.15, 0.2) is 5.11 Å². The van der Waals surface area contributed by atoms with Gasteiger partial charge in [0.1, 0.15) is 0 Å². The van der Waals surface area contributed by atoms with Crippen LogP contribution in [0.1, 0.15) is 26.7 Å². The predicted octanol–water partition coefficient (Wildman–Crippen LogP) is 3.57. The number of halogens is 1. The third-order valence-corrected chi connectivity index (χ3v) is 2.59. The molecule has 1 aromatic carbocycles. The first-order chi connectivity index (χ1) is 8.04. The molecule has 0 heterocycles. The Hall–Kier alpha value is -1.13. The molecule has 0 aliphatic carbocycles. The summed E-state index contributed by atoms with van der Waals surface area (Å²) in [5.74, 6) is 0. The van der Waals surface area contributed by atoms with Crippen molar-refractivity contribution in [2.24, 2.45) is 10.8 Å². The molecule has 1 rings (SSSR count). The lowest BCUT2D eigenvalue weighted by molar-refractivity contribution is 0.970. The zero-order valence-corrected chi connectivity index (χ0v) is 11.6. The number of hydrogen-bond donors (Lipinski definition) is 1. The largest absolute Gasteiger partial charge is 0.374 e. The lowest BCUT2D eigenvalue weighted by Gasteiger charge is -2.18. The first-order valence-electron chi connectivity index (χ1n) is 5.43. The molecule has 5 heteroatoms. The normalized spacial score (nSPS) is 11.4. The van der Waals surface area contributed by atoms with E-state index in [9.17, 15) is 0 Å². The fraction of sp³-hybridized carbons (Fsp3) is 0.333. The van der Waals surface area contributed by atoms with E-state index >= 15 is 0 Å². The van der Waals surface area contributed by atoms with E-state index in [1.165, 1.54) is 0 Å². The Morgan fingerprint density at radius 2 is 2.00 bits per heavy atom. The molecule has 0 amide bonds. The van der Waals surface area contributed by atoms with Gasteiger partial charge in [-0.2, -0.15) is 5.10 Å². The topological polar surface area (TPSA) is 41.6 Å². The molecule has 0 bridgehead atoms. The van der Waals surface area contributed by atoms with Gasteiger partial charge >= 0.3 is 0 Å². The summed E-state index contributed by atoms with van der Waals surface area (Å²) in [4.78, 5) is 0. The highest BCUT2D eigenvalue weighted by Gasteiger charge is 2.08. The number of anilines is 1. The number of nitrogens with two attached hydrogens (primary N) is 1. The van der Waals surface area contributed by atoms with E-state index in [0.717, 1.165) is 24.2 Å². The van der Waals surface area contributed by atoms with Crippen LogP contribution in [-0.4, -0.2) is 10.8 Å². The van der Waals surface area contributed by atoms with Gasteiger partial charge in [0, 0.05) is 10.7 Å². The van der Waals surface area contributed by atoms with Crippen LogP contribution in [0.2, 0.25) is 5.02 Å². The highest BCUT2D eigenvalue weighted by Crippen LogP contribution is 2.18. The second-order valence-corrected chi connectivity index (χ2v) is 4.57. The van der Waals surface area contributed by atoms with Crippen LogP contribution in [0.4, 0.5) is 5.69 Å². The molecule has 2 N–H and O–H groups in total. The SMILES string of the molecule is CCC/C(C)=N/N(C(N)=S)c1ccc(Cl)cc1. The summed E-state index contributed by atoms with van der Waals surface area (Å²) in [6.45, 7) is 4.07. The maximum atomic E-state index is 5.83. The molecule has 0 unspecified atom stereocenters. The second-order valence-electron chi connectivity index (χ2n) is 3.71. The summed E-state index contributed by atoms with van der Waals surface area (Å²) in [6.07, 6.45) is 1.97. The maximum absolute atomic E-state index is 5.83. The molecule has 92 valence electrons. The Bertz CT molecular complexity index is 414. The Morgan fingerprint density at radius 3 is 2.47 bits per heavy atom. The lowest BCUT2D eigenvalue weighted by Crippen LogP contribution is -2.31. The van der Waals surface area contributed by atoms with Crippen molar-refractivity contribution in [2.45, 2.75) is 26.7 Å². The van der Waals surface area contributed by atoms with Gasteiger partial charge < -0.3 is 5.73 Å². The van der Waals surface area contributed by atoms with Crippen molar-refractivity contribution < 1.29 is 0 Å². The Balaban J connectivity index is 2.97. The minimum atomic E-state index is 0.225. The zero-order valence-electron chi connectivity index (χ0n) is 9.98. The summed E-state index contributed by atoms with van der Waals surface area (Å²) in [5, 5.41) is 6.86. The predicted molar refractivity (Wildman–Crippen MR) is 78.7 cm³/mol. The number of nitrogens with zero attached hydrogens (tertiary/aromatic N) is 2. The summed E-state index contributed by atoms with van der Waals surface area (Å²) in [5.41, 5.74) is 7.48. The molecular weight excluding hydrogens is 254 g/mol. The Kier molecular flexibility index (Phi) is 5.38. The third kappa shape index (κ3) is 4.32. The van der Waals surface area contributed by atoms with Gasteiger partial charge in [-0.3, -0.25) is 0 Å². The summed E-state index contributed by atoms with van der Waals surface area (Å²) in [6, 6.07) is 7.24. The van der Waals surface area contributed by atoms with Gasteiger partial charge in [0.05, 0.1) is 5.69 Å². The lowest BCUT2D eigenvalue weighted by atomic mass is 10.2. The first-order valence-corrected chi connectivity index (χ1v) is 6.22. The van der Waals surface area contributed by atoms with E-state index in [1.54, 1.807) is 17.1 Å². The number of hydrazone groups is 1. The molecule has 0 spiro atoms. The Labute approximate surface area is 112 Å². The standard InChI is InChI=1S/C12H16ClN3S/c1-3-4-9(2)15-16(12(14)17)11-7-5-10(13)6-8-11/h5-8H,3-4H2,1-2H3,(H2,14,17)/b15-9+. The highest BCUT2D eigenvalue weighted by atomic mass is 35.5. The fourth-order valence-corrected chi connectivity index (χ4v) is 1.67. The molecule has 0 saturated carbocycles. The van der Waals surface area contributed by atoms with Crippen molar-refractivity contribution in [2.75, 3.05) is 5.01 Å². The van der Waals surface area contributed by atoms with Crippen LogP contribution in [0.25, 0.3) is 0 Å². The second kappa shape index (κ2) is 6.57. The van der Waals surface area contributed by atoms with Crippen molar-refractivity contribution >= 4 is 40.3 Å². The molecule has 0 saturated heterocycles. The summed E-state index contributed by atoms with van der Waals surface area (Å²) >= 11 is 10.8. The molecule has 1 aromatic rings. The van der Waals surface area contributed by atoms with Crippen LogP contribution in [0, 0.1) is 0 Å². The van der Waals surface area contributed by atoms with Crippen LogP contribution < -0.4 is 10.7 Å². The van der Waals surface area contributed by atoms with Gasteiger partial charge in [-0.05, 0) is 49.8 Å². The quantitative estimate of drug-likeness (QED) is 0.516. The van der Waals surface area contributed by atoms with E-state index in [1.807, 2.05) is 19.1 Å². The van der Waals surface area contributed by atoms with E-state index in [2.05, 4.69) is 12.0 Å². The molecule has 0 fully saturated rings. The number of benzene rings is 1. The van der Waals surface area contributed by atoms with Crippen molar-refractivity contribution in [3.05, 3.63) is 29.3 Å². The smallest absolute Gasteiger partial charge is 0.191 e. The summed E-state index contributed by atoms with van der Waals surface area (Å²) in [7, 11) is 0. The number of hydrogen-bond acceptors (Lipinski definition) is 2. The molecule has 0 radical (unpaired) electrons. The van der Waals surface area contributed by atoms with Crippen molar-refractivity contribution in [1.29, 1.82) is 0 Å². The fourth-order valence-electron chi connectivity index (χ4n) is 1.40. The van der Waals surface area contributed by atoms with Crippen LogP contribution in [0.5, 0.6) is 0 Å². The van der Waals surface area contributed by atoms with Crippen LogP contribution >= 0.6 is 23.8 Å². The average Bonchev–Trinajstić information content (AvgIpc) is 2.27. The third-order valence-electron chi connectivity index (χ3n) is 2.16. The highest BCUT2D eigenvalue weighted by molar-refractivity contribution is 7.80. The zero-order chi connectivity index (χ0) is 12.8.